The van der Waals surface area contributed by atoms with Crippen molar-refractivity contribution in [2.75, 3.05) is 26.8 Å². The summed E-state index contributed by atoms with van der Waals surface area (Å²) in [6, 6.07) is 9.15. The van der Waals surface area contributed by atoms with E-state index in [1.54, 1.807) is 17.0 Å². The Labute approximate surface area is 152 Å². The van der Waals surface area contributed by atoms with Crippen LogP contribution in [0.1, 0.15) is 27.3 Å². The maximum absolute atomic E-state index is 12.1. The van der Waals surface area contributed by atoms with Gasteiger partial charge in [-0.15, -0.1) is 0 Å². The van der Waals surface area contributed by atoms with Crippen LogP contribution >= 0.6 is 0 Å². The topological polar surface area (TPSA) is 76.5 Å². The Morgan fingerprint density at radius 2 is 2.04 bits per heavy atom. The Bertz CT molecular complexity index is 786. The summed E-state index contributed by atoms with van der Waals surface area (Å²) in [6.07, 6.45) is 1.42. The van der Waals surface area contributed by atoms with E-state index in [4.69, 9.17) is 4.74 Å². The van der Waals surface area contributed by atoms with Gasteiger partial charge in [0, 0.05) is 63.5 Å². The maximum atomic E-state index is 12.1. The number of ether oxygens (including phenoxy) is 1. The summed E-state index contributed by atoms with van der Waals surface area (Å²) in [5.41, 5.74) is 3.84. The van der Waals surface area contributed by atoms with Crippen LogP contribution in [0.4, 0.5) is 0 Å². The molecular formula is C19H24N4O3. The second-order valence-electron chi connectivity index (χ2n) is 6.37. The standard InChI is InChI=1S/C19H24N4O3/c1-22-17-9-11-23(18(24)13-26-2)12-15(17)16(21-22)8-10-20-19(25)14-6-4-3-5-7-14/h3-7H,8-13H2,1-2H3,(H,20,25). The van der Waals surface area contributed by atoms with Crippen molar-refractivity contribution in [1.82, 2.24) is 20.0 Å². The van der Waals surface area contributed by atoms with Crippen LogP contribution in [-0.2, 0) is 36.0 Å². The molecule has 138 valence electrons. The molecule has 7 nitrogen and oxygen atoms in total. The van der Waals surface area contributed by atoms with Crippen molar-refractivity contribution in [2.45, 2.75) is 19.4 Å². The van der Waals surface area contributed by atoms with E-state index < -0.39 is 0 Å². The number of aromatic nitrogens is 2. The number of methoxy groups -OCH3 is 1. The van der Waals surface area contributed by atoms with Crippen LogP contribution in [0.25, 0.3) is 0 Å². The molecule has 7 heteroatoms. The Morgan fingerprint density at radius 3 is 2.77 bits per heavy atom. The number of benzene rings is 1. The molecule has 1 aromatic heterocycles. The van der Waals surface area contributed by atoms with Gasteiger partial charge in [0.2, 0.25) is 5.91 Å². The van der Waals surface area contributed by atoms with Gasteiger partial charge in [-0.2, -0.15) is 5.10 Å². The van der Waals surface area contributed by atoms with Gasteiger partial charge in [-0.05, 0) is 12.1 Å². The fourth-order valence-electron chi connectivity index (χ4n) is 3.28. The van der Waals surface area contributed by atoms with Crippen molar-refractivity contribution in [3.8, 4) is 0 Å². The number of carbonyl (C=O) groups excluding carboxylic acids is 2. The second-order valence-corrected chi connectivity index (χ2v) is 6.37. The molecule has 0 bridgehead atoms. The van der Waals surface area contributed by atoms with Crippen molar-refractivity contribution < 1.29 is 14.3 Å². The quantitative estimate of drug-likeness (QED) is 0.835. The number of amides is 2. The number of nitrogens with zero attached hydrogens (tertiary/aromatic N) is 3. The second kappa shape index (κ2) is 8.14. The molecule has 3 rings (SSSR count). The van der Waals surface area contributed by atoms with Crippen molar-refractivity contribution in [1.29, 1.82) is 0 Å². The number of fused-ring (bicyclic) bond motifs is 1. The Balaban J connectivity index is 1.63. The molecule has 0 atom stereocenters. The highest BCUT2D eigenvalue weighted by molar-refractivity contribution is 5.94. The number of hydrogen-bond donors (Lipinski definition) is 1. The number of rotatable bonds is 6. The summed E-state index contributed by atoms with van der Waals surface area (Å²) < 4.78 is 6.84. The molecule has 0 fully saturated rings. The Hall–Kier alpha value is -2.67. The molecule has 2 heterocycles. The minimum Gasteiger partial charge on any atom is -0.375 e. The van der Waals surface area contributed by atoms with Crippen molar-refractivity contribution >= 4 is 11.8 Å². The van der Waals surface area contributed by atoms with Gasteiger partial charge in [-0.25, -0.2) is 0 Å². The van der Waals surface area contributed by atoms with E-state index in [-0.39, 0.29) is 18.4 Å². The first-order chi connectivity index (χ1) is 12.6. The Morgan fingerprint density at radius 1 is 1.27 bits per heavy atom. The largest absolute Gasteiger partial charge is 0.375 e. The molecular weight excluding hydrogens is 332 g/mol. The highest BCUT2D eigenvalue weighted by atomic mass is 16.5. The van der Waals surface area contributed by atoms with Crippen LogP contribution in [0.2, 0.25) is 0 Å². The van der Waals surface area contributed by atoms with E-state index in [1.165, 1.54) is 7.11 Å². The van der Waals surface area contributed by atoms with Gasteiger partial charge in [-0.1, -0.05) is 18.2 Å². The molecule has 1 aromatic carbocycles. The third kappa shape index (κ3) is 3.94. The van der Waals surface area contributed by atoms with Crippen molar-refractivity contribution in [2.24, 2.45) is 7.05 Å². The fraction of sp³-hybridized carbons (Fsp3) is 0.421. The molecule has 26 heavy (non-hydrogen) atoms. The molecule has 0 aliphatic carbocycles. The van der Waals surface area contributed by atoms with Gasteiger partial charge in [0.05, 0.1) is 5.69 Å². The lowest BCUT2D eigenvalue weighted by molar-refractivity contribution is -0.136. The summed E-state index contributed by atoms with van der Waals surface area (Å²) in [7, 11) is 3.45. The lowest BCUT2D eigenvalue weighted by Gasteiger charge is -2.27. The first-order valence-electron chi connectivity index (χ1n) is 8.73. The SMILES string of the molecule is COCC(=O)N1CCc2c(c(CCNC(=O)c3ccccc3)nn2C)C1. The molecule has 2 amide bonds. The summed E-state index contributed by atoms with van der Waals surface area (Å²) in [5.74, 6) is -0.0994. The average Bonchev–Trinajstić information content (AvgIpc) is 2.98. The summed E-state index contributed by atoms with van der Waals surface area (Å²) >= 11 is 0. The van der Waals surface area contributed by atoms with E-state index in [1.807, 2.05) is 29.9 Å². The highest BCUT2D eigenvalue weighted by Gasteiger charge is 2.26. The minimum atomic E-state index is -0.0905. The smallest absolute Gasteiger partial charge is 0.251 e. The van der Waals surface area contributed by atoms with Gasteiger partial charge >= 0.3 is 0 Å². The number of nitrogens with one attached hydrogen (secondary N) is 1. The van der Waals surface area contributed by atoms with Crippen LogP contribution in [0.15, 0.2) is 30.3 Å². The first kappa shape index (κ1) is 18.1. The number of aryl methyl sites for hydroxylation is 1. The summed E-state index contributed by atoms with van der Waals surface area (Å²) in [4.78, 5) is 26.0. The zero-order chi connectivity index (χ0) is 18.5. The van der Waals surface area contributed by atoms with Crippen molar-refractivity contribution in [3.63, 3.8) is 0 Å². The van der Waals surface area contributed by atoms with E-state index in [2.05, 4.69) is 10.4 Å². The third-order valence-corrected chi connectivity index (χ3v) is 4.63. The predicted octanol–water partition coefficient (Wildman–Crippen LogP) is 0.924. The van der Waals surface area contributed by atoms with Crippen LogP contribution < -0.4 is 5.32 Å². The summed E-state index contributed by atoms with van der Waals surface area (Å²) in [5, 5.41) is 7.53. The summed E-state index contributed by atoms with van der Waals surface area (Å²) in [6.45, 7) is 1.83. The van der Waals surface area contributed by atoms with Crippen molar-refractivity contribution in [3.05, 3.63) is 52.8 Å². The van der Waals surface area contributed by atoms with Gasteiger partial charge in [0.25, 0.3) is 5.91 Å². The molecule has 1 aliphatic rings. The van der Waals surface area contributed by atoms with Crippen LogP contribution in [0, 0.1) is 0 Å². The monoisotopic (exact) mass is 356 g/mol. The van der Waals surface area contributed by atoms with Gasteiger partial charge in [0.1, 0.15) is 6.61 Å². The van der Waals surface area contributed by atoms with Crippen LogP contribution in [0.3, 0.4) is 0 Å². The molecule has 0 saturated heterocycles. The van der Waals surface area contributed by atoms with Gasteiger partial charge < -0.3 is 15.0 Å². The van der Waals surface area contributed by atoms with E-state index in [0.717, 1.165) is 23.4 Å². The molecule has 0 spiro atoms. The molecule has 0 saturated carbocycles. The maximum Gasteiger partial charge on any atom is 0.251 e. The third-order valence-electron chi connectivity index (χ3n) is 4.63. The van der Waals surface area contributed by atoms with Gasteiger partial charge in [-0.3, -0.25) is 14.3 Å². The minimum absolute atomic E-state index is 0.00895. The van der Waals surface area contributed by atoms with E-state index in [0.29, 0.717) is 31.6 Å². The zero-order valence-electron chi connectivity index (χ0n) is 15.2. The van der Waals surface area contributed by atoms with Crippen LogP contribution in [0.5, 0.6) is 0 Å². The number of carbonyl (C=O) groups is 2. The zero-order valence-corrected chi connectivity index (χ0v) is 15.2. The van der Waals surface area contributed by atoms with Crippen LogP contribution in [-0.4, -0.2) is 53.3 Å². The molecule has 0 unspecified atom stereocenters. The van der Waals surface area contributed by atoms with Gasteiger partial charge in [0.15, 0.2) is 0 Å². The lowest BCUT2D eigenvalue weighted by atomic mass is 10.0. The van der Waals surface area contributed by atoms with E-state index in [9.17, 15) is 9.59 Å². The molecule has 1 aliphatic heterocycles. The normalized spacial score (nSPS) is 13.4. The molecule has 1 N–H and O–H groups in total. The van der Waals surface area contributed by atoms with E-state index >= 15 is 0 Å². The fourth-order valence-corrected chi connectivity index (χ4v) is 3.28. The Kier molecular flexibility index (Phi) is 5.68. The highest BCUT2D eigenvalue weighted by Crippen LogP contribution is 2.22. The average molecular weight is 356 g/mol. The lowest BCUT2D eigenvalue weighted by Crippen LogP contribution is -2.38. The first-order valence-corrected chi connectivity index (χ1v) is 8.73. The number of hydrogen-bond acceptors (Lipinski definition) is 4. The molecule has 2 aromatic rings. The molecule has 0 radical (unpaired) electrons. The predicted molar refractivity (Wildman–Crippen MR) is 96.7 cm³/mol.